The van der Waals surface area contributed by atoms with Crippen LogP contribution in [0.5, 0.6) is 0 Å². The Morgan fingerprint density at radius 2 is 1.80 bits per heavy atom. The van der Waals surface area contributed by atoms with Crippen LogP contribution in [-0.2, 0) is 0 Å². The molecule has 0 heterocycles. The molecule has 0 radical (unpaired) electrons. The van der Waals surface area contributed by atoms with Crippen LogP contribution in [0.4, 0.5) is 0 Å². The lowest BCUT2D eigenvalue weighted by Crippen LogP contribution is -2.30. The molecular formula is C8H17NO. The van der Waals surface area contributed by atoms with Gasteiger partial charge in [-0.1, -0.05) is 0 Å². The molecule has 3 N–H and O–H groups in total. The van der Waals surface area contributed by atoms with Crippen LogP contribution in [-0.4, -0.2) is 17.3 Å². The van der Waals surface area contributed by atoms with Gasteiger partial charge in [0.25, 0.3) is 0 Å². The van der Waals surface area contributed by atoms with E-state index in [-0.39, 0.29) is 6.10 Å². The van der Waals surface area contributed by atoms with Gasteiger partial charge in [-0.25, -0.2) is 0 Å². The second-order valence-corrected chi connectivity index (χ2v) is 3.42. The first kappa shape index (κ1) is 8.02. The van der Waals surface area contributed by atoms with Crippen LogP contribution in [0.15, 0.2) is 0 Å². The van der Waals surface area contributed by atoms with Crippen LogP contribution in [0.2, 0.25) is 0 Å². The van der Waals surface area contributed by atoms with E-state index in [1.54, 1.807) is 0 Å². The van der Waals surface area contributed by atoms with E-state index in [2.05, 4.69) is 0 Å². The molecule has 60 valence electrons. The fourth-order valence-corrected chi connectivity index (χ4v) is 1.63. The van der Waals surface area contributed by atoms with Gasteiger partial charge in [0, 0.05) is 6.04 Å². The summed E-state index contributed by atoms with van der Waals surface area (Å²) < 4.78 is 0. The zero-order valence-corrected chi connectivity index (χ0v) is 6.59. The fourth-order valence-electron chi connectivity index (χ4n) is 1.63. The number of aliphatic hydroxyl groups excluding tert-OH is 1. The van der Waals surface area contributed by atoms with Crippen molar-refractivity contribution in [1.82, 2.24) is 0 Å². The fraction of sp³-hybridized carbons (Fsp3) is 1.00. The van der Waals surface area contributed by atoms with E-state index in [0.29, 0.717) is 12.0 Å². The van der Waals surface area contributed by atoms with Crippen molar-refractivity contribution in [3.8, 4) is 0 Å². The monoisotopic (exact) mass is 143 g/mol. The minimum absolute atomic E-state index is 0.132. The Morgan fingerprint density at radius 3 is 2.20 bits per heavy atom. The number of hydrogen-bond donors (Lipinski definition) is 2. The molecule has 1 rings (SSSR count). The summed E-state index contributed by atoms with van der Waals surface area (Å²) in [7, 11) is 0. The zero-order valence-electron chi connectivity index (χ0n) is 6.59. The van der Waals surface area contributed by atoms with Crippen LogP contribution in [0.25, 0.3) is 0 Å². The Bertz CT molecular complexity index is 95.4. The maximum Gasteiger partial charge on any atom is 0.0540 e. The lowest BCUT2D eigenvalue weighted by Gasteiger charge is -2.27. The van der Waals surface area contributed by atoms with Crippen molar-refractivity contribution in [1.29, 1.82) is 0 Å². The predicted molar refractivity (Wildman–Crippen MR) is 41.6 cm³/mol. The van der Waals surface area contributed by atoms with E-state index >= 15 is 0 Å². The highest BCUT2D eigenvalue weighted by atomic mass is 16.3. The summed E-state index contributed by atoms with van der Waals surface area (Å²) in [5.74, 6) is 0.514. The third kappa shape index (κ3) is 1.96. The molecule has 0 aromatic carbocycles. The smallest absolute Gasteiger partial charge is 0.0540 e. The SMILES string of the molecule is CC(O)[C@H]1CC[C@H](N)CC1. The second-order valence-electron chi connectivity index (χ2n) is 3.42. The molecule has 1 atom stereocenters. The Kier molecular flexibility index (Phi) is 2.69. The minimum atomic E-state index is -0.132. The largest absolute Gasteiger partial charge is 0.393 e. The molecule has 1 saturated carbocycles. The molecular weight excluding hydrogens is 126 g/mol. The third-order valence-corrected chi connectivity index (χ3v) is 2.50. The standard InChI is InChI=1S/C8H17NO/c1-6(10)7-2-4-8(9)5-3-7/h6-8,10H,2-5,9H2,1H3/t6?,7-,8-. The van der Waals surface area contributed by atoms with Gasteiger partial charge in [0.05, 0.1) is 6.10 Å². The Morgan fingerprint density at radius 1 is 1.30 bits per heavy atom. The van der Waals surface area contributed by atoms with Crippen molar-refractivity contribution in [3.63, 3.8) is 0 Å². The van der Waals surface area contributed by atoms with Crippen LogP contribution in [0.1, 0.15) is 32.6 Å². The van der Waals surface area contributed by atoms with E-state index in [0.717, 1.165) is 25.7 Å². The van der Waals surface area contributed by atoms with Gasteiger partial charge in [0.1, 0.15) is 0 Å². The topological polar surface area (TPSA) is 46.2 Å². The molecule has 1 fully saturated rings. The van der Waals surface area contributed by atoms with Crippen LogP contribution in [0, 0.1) is 5.92 Å². The average Bonchev–Trinajstić information content (AvgIpc) is 1.88. The molecule has 0 spiro atoms. The molecule has 1 unspecified atom stereocenters. The highest BCUT2D eigenvalue weighted by molar-refractivity contribution is 4.76. The third-order valence-electron chi connectivity index (χ3n) is 2.50. The summed E-state index contributed by atoms with van der Waals surface area (Å²) in [5.41, 5.74) is 5.72. The Hall–Kier alpha value is -0.0800. The molecule has 1 aliphatic carbocycles. The molecule has 2 nitrogen and oxygen atoms in total. The highest BCUT2D eigenvalue weighted by Gasteiger charge is 2.21. The maximum absolute atomic E-state index is 9.22. The van der Waals surface area contributed by atoms with Crippen molar-refractivity contribution >= 4 is 0 Å². The van der Waals surface area contributed by atoms with Crippen LogP contribution < -0.4 is 5.73 Å². The van der Waals surface area contributed by atoms with Gasteiger partial charge < -0.3 is 10.8 Å². The van der Waals surface area contributed by atoms with Gasteiger partial charge in [0.2, 0.25) is 0 Å². The first-order valence-corrected chi connectivity index (χ1v) is 4.14. The Labute approximate surface area is 62.4 Å². The zero-order chi connectivity index (χ0) is 7.56. The van der Waals surface area contributed by atoms with E-state index < -0.39 is 0 Å². The van der Waals surface area contributed by atoms with E-state index in [1.165, 1.54) is 0 Å². The average molecular weight is 143 g/mol. The summed E-state index contributed by atoms with van der Waals surface area (Å²) in [6.07, 6.45) is 4.27. The quantitative estimate of drug-likeness (QED) is 0.572. The van der Waals surface area contributed by atoms with Crippen molar-refractivity contribution < 1.29 is 5.11 Å². The molecule has 0 saturated heterocycles. The number of hydrogen-bond acceptors (Lipinski definition) is 2. The molecule has 0 amide bonds. The first-order chi connectivity index (χ1) is 4.70. The summed E-state index contributed by atoms with van der Waals surface area (Å²) in [6, 6.07) is 0.398. The number of rotatable bonds is 1. The van der Waals surface area contributed by atoms with Gasteiger partial charge in [0.15, 0.2) is 0 Å². The molecule has 0 aromatic rings. The van der Waals surface area contributed by atoms with Crippen LogP contribution >= 0.6 is 0 Å². The summed E-state index contributed by atoms with van der Waals surface area (Å²) in [5, 5.41) is 9.22. The summed E-state index contributed by atoms with van der Waals surface area (Å²) >= 11 is 0. The summed E-state index contributed by atoms with van der Waals surface area (Å²) in [6.45, 7) is 1.88. The van der Waals surface area contributed by atoms with Crippen LogP contribution in [0.3, 0.4) is 0 Å². The van der Waals surface area contributed by atoms with E-state index in [4.69, 9.17) is 5.73 Å². The summed E-state index contributed by atoms with van der Waals surface area (Å²) in [4.78, 5) is 0. The highest BCUT2D eigenvalue weighted by Crippen LogP contribution is 2.25. The predicted octanol–water partition coefficient (Wildman–Crippen LogP) is 0.885. The van der Waals surface area contributed by atoms with Gasteiger partial charge in [-0.2, -0.15) is 0 Å². The number of aliphatic hydroxyl groups is 1. The van der Waals surface area contributed by atoms with Gasteiger partial charge in [-0.3, -0.25) is 0 Å². The van der Waals surface area contributed by atoms with E-state index in [1.807, 2.05) is 6.92 Å². The van der Waals surface area contributed by atoms with E-state index in [9.17, 15) is 5.11 Å². The normalized spacial score (nSPS) is 37.5. The van der Waals surface area contributed by atoms with Gasteiger partial charge in [-0.05, 0) is 38.5 Å². The molecule has 1 aliphatic rings. The minimum Gasteiger partial charge on any atom is -0.393 e. The molecule has 2 heteroatoms. The molecule has 0 aromatic heterocycles. The maximum atomic E-state index is 9.22. The Balaban J connectivity index is 2.26. The first-order valence-electron chi connectivity index (χ1n) is 4.14. The molecule has 0 bridgehead atoms. The van der Waals surface area contributed by atoms with Gasteiger partial charge >= 0.3 is 0 Å². The lowest BCUT2D eigenvalue weighted by molar-refractivity contribution is 0.0972. The van der Waals surface area contributed by atoms with Crippen molar-refractivity contribution in [2.24, 2.45) is 11.7 Å². The van der Waals surface area contributed by atoms with Crippen molar-refractivity contribution in [3.05, 3.63) is 0 Å². The molecule has 0 aliphatic heterocycles. The van der Waals surface area contributed by atoms with Crippen molar-refractivity contribution in [2.75, 3.05) is 0 Å². The lowest BCUT2D eigenvalue weighted by atomic mass is 9.84. The molecule has 10 heavy (non-hydrogen) atoms. The van der Waals surface area contributed by atoms with Crippen molar-refractivity contribution in [2.45, 2.75) is 44.8 Å². The number of nitrogens with two attached hydrogens (primary N) is 1. The second kappa shape index (κ2) is 3.35. The van der Waals surface area contributed by atoms with Gasteiger partial charge in [-0.15, -0.1) is 0 Å².